The average molecular weight is 461 g/mol. The minimum absolute atomic E-state index is 0.0777. The molecule has 0 amide bonds. The lowest BCUT2D eigenvalue weighted by Crippen LogP contribution is -2.51. The predicted octanol–water partition coefficient (Wildman–Crippen LogP) is 4.54. The van der Waals surface area contributed by atoms with Gasteiger partial charge in [-0.25, -0.2) is 12.8 Å². The van der Waals surface area contributed by atoms with E-state index in [-0.39, 0.29) is 17.6 Å². The average Bonchev–Trinajstić information content (AvgIpc) is 2.75. The molecule has 1 aliphatic heterocycles. The Labute approximate surface area is 191 Å². The van der Waals surface area contributed by atoms with E-state index < -0.39 is 10.0 Å². The van der Waals surface area contributed by atoms with Crippen molar-refractivity contribution in [2.45, 2.75) is 33.7 Å². The Morgan fingerprint density at radius 2 is 1.91 bits per heavy atom. The number of halogens is 1. The second kappa shape index (κ2) is 10.1. The summed E-state index contributed by atoms with van der Waals surface area (Å²) < 4.78 is 40.0. The lowest BCUT2D eigenvalue weighted by atomic mass is 9.94. The third-order valence-corrected chi connectivity index (χ3v) is 7.74. The maximum Gasteiger partial charge on any atom is 0.213 e. The van der Waals surface area contributed by atoms with Crippen LogP contribution < -0.4 is 5.32 Å². The molecule has 0 saturated carbocycles. The minimum Gasteiger partial charge on any atom is -0.355 e. The van der Waals surface area contributed by atoms with Crippen LogP contribution in [0.15, 0.2) is 36.4 Å². The highest BCUT2D eigenvalue weighted by atomic mass is 32.2. The molecule has 1 atom stereocenters. The Morgan fingerprint density at radius 1 is 1.22 bits per heavy atom. The number of anilines is 2. The number of sulfonamides is 1. The summed E-state index contributed by atoms with van der Waals surface area (Å²) in [6.45, 7) is 10.5. The van der Waals surface area contributed by atoms with Crippen molar-refractivity contribution in [1.29, 1.82) is 5.41 Å². The van der Waals surface area contributed by atoms with Gasteiger partial charge in [0.25, 0.3) is 0 Å². The van der Waals surface area contributed by atoms with Crippen molar-refractivity contribution >= 4 is 27.6 Å². The fraction of sp³-hybridized carbons (Fsp3) is 0.458. The molecule has 8 heteroatoms. The maximum absolute atomic E-state index is 13.2. The Morgan fingerprint density at radius 3 is 2.50 bits per heavy atom. The number of nitrogens with zero attached hydrogens (tertiary/aromatic N) is 2. The zero-order valence-corrected chi connectivity index (χ0v) is 20.0. The van der Waals surface area contributed by atoms with Crippen LogP contribution in [0.3, 0.4) is 0 Å². The highest BCUT2D eigenvalue weighted by molar-refractivity contribution is 7.89. The number of aryl methyl sites for hydroxylation is 1. The van der Waals surface area contributed by atoms with E-state index in [1.807, 2.05) is 19.1 Å². The first-order valence-corrected chi connectivity index (χ1v) is 12.6. The van der Waals surface area contributed by atoms with Gasteiger partial charge in [-0.2, -0.15) is 4.31 Å². The molecule has 0 spiro atoms. The molecule has 1 fully saturated rings. The van der Waals surface area contributed by atoms with Gasteiger partial charge in [0.2, 0.25) is 10.0 Å². The normalized spacial score (nSPS) is 18.1. The summed E-state index contributed by atoms with van der Waals surface area (Å²) in [7, 11) is -3.28. The first kappa shape index (κ1) is 24.4. The van der Waals surface area contributed by atoms with Crippen molar-refractivity contribution in [3.63, 3.8) is 0 Å². The number of benzene rings is 2. The van der Waals surface area contributed by atoms with Gasteiger partial charge in [-0.3, -0.25) is 4.90 Å². The molecule has 2 aromatic carbocycles. The lowest BCUT2D eigenvalue weighted by Gasteiger charge is -2.42. The van der Waals surface area contributed by atoms with Crippen LogP contribution >= 0.6 is 0 Å². The van der Waals surface area contributed by atoms with Gasteiger partial charge in [0.1, 0.15) is 5.82 Å². The van der Waals surface area contributed by atoms with Gasteiger partial charge in [0.15, 0.2) is 0 Å². The van der Waals surface area contributed by atoms with E-state index in [4.69, 9.17) is 5.41 Å². The van der Waals surface area contributed by atoms with Crippen molar-refractivity contribution in [1.82, 2.24) is 9.21 Å². The van der Waals surface area contributed by atoms with E-state index in [0.717, 1.165) is 29.0 Å². The summed E-state index contributed by atoms with van der Waals surface area (Å²) in [5, 5.41) is 11.2. The second-order valence-electron chi connectivity index (χ2n) is 8.74. The second-order valence-corrected chi connectivity index (χ2v) is 11.0. The predicted molar refractivity (Wildman–Crippen MR) is 129 cm³/mol. The molecule has 32 heavy (non-hydrogen) atoms. The molecular formula is C24H33FN4O2S. The molecule has 174 valence electrons. The first-order chi connectivity index (χ1) is 15.1. The first-order valence-electron chi connectivity index (χ1n) is 11.0. The van der Waals surface area contributed by atoms with Crippen LogP contribution in [0.2, 0.25) is 0 Å². The molecule has 1 saturated heterocycles. The van der Waals surface area contributed by atoms with Crippen LogP contribution in [0.5, 0.6) is 0 Å². The van der Waals surface area contributed by atoms with Crippen LogP contribution in [-0.2, 0) is 10.0 Å². The summed E-state index contributed by atoms with van der Waals surface area (Å²) in [5.41, 5.74) is 4.26. The van der Waals surface area contributed by atoms with E-state index in [0.29, 0.717) is 31.1 Å². The van der Waals surface area contributed by atoms with Crippen molar-refractivity contribution in [2.75, 3.05) is 37.2 Å². The quantitative estimate of drug-likeness (QED) is 0.567. The topological polar surface area (TPSA) is 76.5 Å². The largest absolute Gasteiger partial charge is 0.355 e. The molecule has 2 aromatic rings. The zero-order chi connectivity index (χ0) is 23.5. The van der Waals surface area contributed by atoms with Crippen LogP contribution in [0, 0.1) is 24.1 Å². The molecule has 3 rings (SSSR count). The van der Waals surface area contributed by atoms with Crippen LogP contribution in [0.4, 0.5) is 15.8 Å². The number of piperazine rings is 1. The van der Waals surface area contributed by atoms with Crippen molar-refractivity contribution in [2.24, 2.45) is 5.92 Å². The minimum atomic E-state index is -3.28. The smallest absolute Gasteiger partial charge is 0.213 e. The summed E-state index contributed by atoms with van der Waals surface area (Å²) in [6, 6.07) is 9.99. The Balaban J connectivity index is 1.98. The van der Waals surface area contributed by atoms with Gasteiger partial charge in [0.05, 0.1) is 5.75 Å². The van der Waals surface area contributed by atoms with Gasteiger partial charge in [-0.15, -0.1) is 0 Å². The fourth-order valence-electron chi connectivity index (χ4n) is 4.23. The SMILES string of the molecule is CCS(=O)(=O)N1CCN(CC(C)C)[C@@H](c2cc(C=N)c(Nc3ccc(F)cc3)cc2C)C1. The molecular weight excluding hydrogens is 427 g/mol. The Hall–Kier alpha value is -2.29. The molecule has 1 aliphatic rings. The van der Waals surface area contributed by atoms with E-state index in [2.05, 4.69) is 24.1 Å². The van der Waals surface area contributed by atoms with Gasteiger partial charge in [0, 0.05) is 55.4 Å². The number of nitrogens with one attached hydrogen (secondary N) is 2. The lowest BCUT2D eigenvalue weighted by molar-refractivity contribution is 0.105. The Kier molecular flexibility index (Phi) is 7.69. The zero-order valence-electron chi connectivity index (χ0n) is 19.2. The molecule has 1 heterocycles. The van der Waals surface area contributed by atoms with E-state index in [1.54, 1.807) is 23.4 Å². The monoisotopic (exact) mass is 460 g/mol. The van der Waals surface area contributed by atoms with Crippen molar-refractivity contribution < 1.29 is 12.8 Å². The van der Waals surface area contributed by atoms with Gasteiger partial charge in [-0.05, 0) is 67.3 Å². The fourth-order valence-corrected chi connectivity index (χ4v) is 5.32. The molecule has 6 nitrogen and oxygen atoms in total. The van der Waals surface area contributed by atoms with E-state index in [1.165, 1.54) is 18.3 Å². The standard InChI is InChI=1S/C24H33FN4O2S/c1-5-32(30,31)29-11-10-28(15-17(2)3)24(16-29)22-13-19(14-26)23(12-18(22)4)27-21-8-6-20(25)7-9-21/h6-9,12-14,17,24,26-27H,5,10-11,15-16H2,1-4H3/t24-/m1/s1. The summed E-state index contributed by atoms with van der Waals surface area (Å²) in [4.78, 5) is 2.36. The molecule has 0 aromatic heterocycles. The number of hydrogen-bond donors (Lipinski definition) is 2. The van der Waals surface area contributed by atoms with Crippen LogP contribution in [0.25, 0.3) is 0 Å². The van der Waals surface area contributed by atoms with Crippen molar-refractivity contribution in [3.05, 3.63) is 58.9 Å². The molecule has 0 unspecified atom stereocenters. The third kappa shape index (κ3) is 5.54. The molecule has 0 bridgehead atoms. The Bertz CT molecular complexity index is 1050. The highest BCUT2D eigenvalue weighted by Gasteiger charge is 2.34. The van der Waals surface area contributed by atoms with Crippen molar-refractivity contribution in [3.8, 4) is 0 Å². The maximum atomic E-state index is 13.2. The summed E-state index contributed by atoms with van der Waals surface area (Å²) >= 11 is 0. The number of rotatable bonds is 8. The van der Waals surface area contributed by atoms with E-state index >= 15 is 0 Å². The van der Waals surface area contributed by atoms with Gasteiger partial charge < -0.3 is 10.7 Å². The van der Waals surface area contributed by atoms with E-state index in [9.17, 15) is 12.8 Å². The van der Waals surface area contributed by atoms with Gasteiger partial charge >= 0.3 is 0 Å². The molecule has 0 radical (unpaired) electrons. The van der Waals surface area contributed by atoms with Gasteiger partial charge in [-0.1, -0.05) is 13.8 Å². The summed E-state index contributed by atoms with van der Waals surface area (Å²) in [5.74, 6) is 0.243. The molecule has 0 aliphatic carbocycles. The van der Waals surface area contributed by atoms with Crippen LogP contribution in [0.1, 0.15) is 43.5 Å². The molecule has 2 N–H and O–H groups in total. The van der Waals surface area contributed by atoms with Crippen LogP contribution in [-0.4, -0.2) is 55.8 Å². The third-order valence-electron chi connectivity index (χ3n) is 5.89. The summed E-state index contributed by atoms with van der Waals surface area (Å²) in [6.07, 6.45) is 1.30. The highest BCUT2D eigenvalue weighted by Crippen LogP contribution is 2.33. The number of hydrogen-bond acceptors (Lipinski definition) is 5.